The molecule has 0 aliphatic heterocycles. The molecular formula is ClF3Sn. The first kappa shape index (κ1) is 5.88. The zero-order chi connectivity index (χ0) is 4.50. The van der Waals surface area contributed by atoms with Crippen molar-refractivity contribution in [2.75, 3.05) is 0 Å². The van der Waals surface area contributed by atoms with Crippen LogP contribution in [0.1, 0.15) is 0 Å². The Kier molecular flexibility index (Phi) is 1.82. The van der Waals surface area contributed by atoms with Crippen LogP contribution < -0.4 is 0 Å². The van der Waals surface area contributed by atoms with E-state index in [1.54, 1.807) is 0 Å². The molecule has 0 fully saturated rings. The molecule has 0 saturated carbocycles. The second kappa shape index (κ2) is 1.55. The summed E-state index contributed by atoms with van der Waals surface area (Å²) in [5.41, 5.74) is 0. The van der Waals surface area contributed by atoms with E-state index in [9.17, 15) is 8.60 Å². The van der Waals surface area contributed by atoms with Crippen LogP contribution in [0.15, 0.2) is 0 Å². The normalized spacial score (nSPS) is 12.0. The molecule has 0 aliphatic rings. The molecule has 0 radical (unpaired) electrons. The standard InChI is InChI=1S/ClH.3FH.Sn/h4*1H;/q;;;;+4/p-4. The van der Waals surface area contributed by atoms with Crippen molar-refractivity contribution in [3.8, 4) is 0 Å². The van der Waals surface area contributed by atoms with Crippen molar-refractivity contribution in [3.63, 3.8) is 0 Å². The van der Waals surface area contributed by atoms with E-state index in [-0.39, 0.29) is 0 Å². The molecule has 0 heterocycles. The van der Waals surface area contributed by atoms with Crippen molar-refractivity contribution >= 4 is 27.9 Å². The van der Waals surface area contributed by atoms with Crippen LogP contribution in [0.4, 0.5) is 8.60 Å². The molecule has 5 heteroatoms. The zero-order valence-corrected chi connectivity index (χ0v) is 5.62. The zero-order valence-electron chi connectivity index (χ0n) is 2.01. The first-order chi connectivity index (χ1) is 2.00. The fourth-order valence-corrected chi connectivity index (χ4v) is 0. The molecule has 0 aromatic rings. The molecule has 0 aromatic heterocycles. The quantitative estimate of drug-likeness (QED) is 0.533. The molecule has 0 saturated heterocycles. The van der Waals surface area contributed by atoms with Crippen LogP contribution in [0.5, 0.6) is 0 Å². The van der Waals surface area contributed by atoms with Crippen molar-refractivity contribution in [2.24, 2.45) is 0 Å². The van der Waals surface area contributed by atoms with Crippen molar-refractivity contribution in [3.05, 3.63) is 0 Å². The predicted molar refractivity (Wildman–Crippen MR) is 14.9 cm³/mol. The average Bonchev–Trinajstić information content (AvgIpc) is 0.722. The van der Waals surface area contributed by atoms with Crippen molar-refractivity contribution in [1.29, 1.82) is 0 Å². The predicted octanol–water partition coefficient (Wildman–Crippen LogP) is 1.57. The van der Waals surface area contributed by atoms with Crippen LogP contribution in [0.3, 0.4) is 0 Å². The number of rotatable bonds is 0. The van der Waals surface area contributed by atoms with Crippen LogP contribution in [0, 0.1) is 0 Å². The molecule has 0 rings (SSSR count). The molecule has 5 heavy (non-hydrogen) atoms. The number of halogens is 4. The SMILES string of the molecule is [F][Sn]([F])([F])[Cl]. The molecule has 0 N–H and O–H groups in total. The average molecular weight is 211 g/mol. The second-order valence-electron chi connectivity index (χ2n) is 0.429. The summed E-state index contributed by atoms with van der Waals surface area (Å²) in [4.78, 5) is 0. The van der Waals surface area contributed by atoms with Crippen LogP contribution in [-0.4, -0.2) is 19.0 Å². The Bertz CT molecular complexity index is 22.4. The third-order valence-electron chi connectivity index (χ3n) is 0. The minimum atomic E-state index is -6.21. The summed E-state index contributed by atoms with van der Waals surface area (Å²) in [6.07, 6.45) is 0. The molecule has 0 bridgehead atoms. The van der Waals surface area contributed by atoms with Crippen LogP contribution >= 0.6 is 8.92 Å². The number of hydrogen-bond acceptors (Lipinski definition) is 0. The molecular weight excluding hydrogens is 211 g/mol. The van der Waals surface area contributed by atoms with Gasteiger partial charge in [-0.1, -0.05) is 0 Å². The van der Waals surface area contributed by atoms with E-state index in [1.807, 2.05) is 0 Å². The Morgan fingerprint density at radius 2 is 1.20 bits per heavy atom. The maximum atomic E-state index is 10.3. The Balaban J connectivity index is 3.02. The fourth-order valence-electron chi connectivity index (χ4n) is 0. The van der Waals surface area contributed by atoms with Crippen molar-refractivity contribution in [2.45, 2.75) is 0 Å². The fraction of sp³-hybridized carbons (Fsp3) is 0. The van der Waals surface area contributed by atoms with E-state index < -0.39 is 19.0 Å². The van der Waals surface area contributed by atoms with E-state index in [0.717, 1.165) is 0 Å². The van der Waals surface area contributed by atoms with Gasteiger partial charge in [-0.05, 0) is 0 Å². The summed E-state index contributed by atoms with van der Waals surface area (Å²) in [5.74, 6) is 0. The molecule has 0 unspecified atom stereocenters. The Morgan fingerprint density at radius 1 is 1.20 bits per heavy atom. The van der Waals surface area contributed by atoms with Gasteiger partial charge in [0.05, 0.1) is 0 Å². The Hall–Kier alpha value is 0.879. The topological polar surface area (TPSA) is 0 Å². The van der Waals surface area contributed by atoms with Gasteiger partial charge in [-0.25, -0.2) is 0 Å². The molecule has 0 aliphatic carbocycles. The van der Waals surface area contributed by atoms with Gasteiger partial charge in [0.2, 0.25) is 0 Å². The van der Waals surface area contributed by atoms with Crippen LogP contribution in [0.2, 0.25) is 0 Å². The Morgan fingerprint density at radius 3 is 1.20 bits per heavy atom. The molecule has 0 aromatic carbocycles. The van der Waals surface area contributed by atoms with Gasteiger partial charge in [-0.2, -0.15) is 0 Å². The monoisotopic (exact) mass is 212 g/mol. The van der Waals surface area contributed by atoms with Gasteiger partial charge in [-0.3, -0.25) is 0 Å². The van der Waals surface area contributed by atoms with Gasteiger partial charge in [-0.15, -0.1) is 0 Å². The Labute approximate surface area is 36.8 Å². The van der Waals surface area contributed by atoms with Crippen LogP contribution in [0.25, 0.3) is 0 Å². The van der Waals surface area contributed by atoms with Gasteiger partial charge in [0, 0.05) is 0 Å². The van der Waals surface area contributed by atoms with Gasteiger partial charge in [0.1, 0.15) is 0 Å². The van der Waals surface area contributed by atoms with Crippen molar-refractivity contribution in [1.82, 2.24) is 0 Å². The molecule has 32 valence electrons. The van der Waals surface area contributed by atoms with Gasteiger partial charge in [0.25, 0.3) is 0 Å². The van der Waals surface area contributed by atoms with Gasteiger partial charge >= 0.3 is 36.5 Å². The summed E-state index contributed by atoms with van der Waals surface area (Å²) in [6, 6.07) is 0. The molecule has 0 amide bonds. The van der Waals surface area contributed by atoms with E-state index in [1.165, 1.54) is 0 Å². The van der Waals surface area contributed by atoms with E-state index in [4.69, 9.17) is 0 Å². The van der Waals surface area contributed by atoms with Crippen molar-refractivity contribution < 1.29 is 8.60 Å². The summed E-state index contributed by atoms with van der Waals surface area (Å²) in [5, 5.41) is 0. The molecule has 0 nitrogen and oxygen atoms in total. The first-order valence-corrected chi connectivity index (χ1v) is 7.61. The van der Waals surface area contributed by atoms with Gasteiger partial charge < -0.3 is 0 Å². The summed E-state index contributed by atoms with van der Waals surface area (Å²) >= 11 is -6.21. The number of hydrogen-bond donors (Lipinski definition) is 0. The molecule has 0 spiro atoms. The summed E-state index contributed by atoms with van der Waals surface area (Å²) < 4.78 is 31.0. The minimum absolute atomic E-state index is 3.74. The summed E-state index contributed by atoms with van der Waals surface area (Å²) in [6.45, 7) is 0. The maximum absolute atomic E-state index is 10.3. The second-order valence-corrected chi connectivity index (χ2v) is 5.75. The van der Waals surface area contributed by atoms with Gasteiger partial charge in [0.15, 0.2) is 0 Å². The summed E-state index contributed by atoms with van der Waals surface area (Å²) in [7, 11) is 3.74. The molecule has 0 atom stereocenters. The first-order valence-electron chi connectivity index (χ1n) is 0.756. The third kappa shape index (κ3) is 52.4. The van der Waals surface area contributed by atoms with E-state index in [0.29, 0.717) is 0 Å². The van der Waals surface area contributed by atoms with E-state index >= 15 is 0 Å². The van der Waals surface area contributed by atoms with E-state index in [2.05, 4.69) is 8.92 Å². The van der Waals surface area contributed by atoms with Crippen LogP contribution in [-0.2, 0) is 0 Å². The third-order valence-corrected chi connectivity index (χ3v) is 0.